The van der Waals surface area contributed by atoms with Gasteiger partial charge in [-0.05, 0) is 10.6 Å². The molecule has 0 unspecified atom stereocenters. The van der Waals surface area contributed by atoms with Gasteiger partial charge in [-0.3, -0.25) is 0 Å². The van der Waals surface area contributed by atoms with Gasteiger partial charge in [0.2, 0.25) is 0 Å². The fraction of sp³-hybridized carbons (Fsp3) is 0. The Bertz CT molecular complexity index is 1210. The molecule has 0 saturated heterocycles. The molecule has 0 aliphatic heterocycles. The van der Waals surface area contributed by atoms with Crippen LogP contribution in [0.5, 0.6) is 0 Å². The average molecular weight is 600 g/mol. The van der Waals surface area contributed by atoms with Gasteiger partial charge in [-0.25, -0.2) is 20.1 Å². The minimum absolute atomic E-state index is 0. The van der Waals surface area contributed by atoms with Crippen molar-refractivity contribution < 1.29 is 19.5 Å². The molecule has 0 nitrogen and oxygen atoms in total. The Balaban J connectivity index is 0.000000168. The van der Waals surface area contributed by atoms with Crippen LogP contribution < -0.4 is 31.8 Å². The molecule has 6 aromatic carbocycles. The summed E-state index contributed by atoms with van der Waals surface area (Å²) in [5.74, 6) is 0. The van der Waals surface area contributed by atoms with Crippen molar-refractivity contribution in [2.24, 2.45) is 0 Å². The Hall–Kier alpha value is -2.94. The molecule has 3 heteroatoms. The van der Waals surface area contributed by atoms with E-state index in [1.165, 1.54) is 31.8 Å². The normalized spacial score (nSPS) is 10.4. The molecule has 6 rings (SSSR count). The van der Waals surface area contributed by atoms with Crippen LogP contribution in [0.2, 0.25) is 0 Å². The summed E-state index contributed by atoms with van der Waals surface area (Å²) in [6, 6.07) is 60.5. The number of hydrogen-bond acceptors (Lipinski definition) is 0. The monoisotopic (exact) mass is 600 g/mol. The van der Waals surface area contributed by atoms with Crippen LogP contribution in [0.25, 0.3) is 0 Å². The summed E-state index contributed by atoms with van der Waals surface area (Å²) in [6.45, 7) is 0. The SMILES string of the molecule is [Ru].c1ccc(P(c2ccccc2)[c-]2[cH-][cH-][cH-][cH-]2)cc1.c1ccc(P(c2ccccc2)[c-]2cccc2)cc1. The Morgan fingerprint density at radius 2 is 0.730 bits per heavy atom. The van der Waals surface area contributed by atoms with Crippen molar-refractivity contribution in [3.63, 3.8) is 0 Å². The summed E-state index contributed by atoms with van der Waals surface area (Å²) in [7, 11) is -0.818. The Labute approximate surface area is 236 Å². The van der Waals surface area contributed by atoms with Gasteiger partial charge in [-0.15, -0.1) is 5.30 Å². The molecular formula is C34H28P2Ru-6. The summed E-state index contributed by atoms with van der Waals surface area (Å²) in [5, 5.41) is 8.47. The maximum absolute atomic E-state index is 2.23. The van der Waals surface area contributed by atoms with Crippen molar-refractivity contribution in [3.8, 4) is 0 Å². The zero-order valence-electron chi connectivity index (χ0n) is 20.4. The largest absolute Gasteiger partial charge is 0.747 e. The van der Waals surface area contributed by atoms with Crippen LogP contribution in [0.3, 0.4) is 0 Å². The van der Waals surface area contributed by atoms with Gasteiger partial charge in [0.25, 0.3) is 0 Å². The Morgan fingerprint density at radius 1 is 0.405 bits per heavy atom. The minimum Gasteiger partial charge on any atom is -0.747 e. The number of rotatable bonds is 6. The van der Waals surface area contributed by atoms with Crippen LogP contribution in [-0.4, -0.2) is 0 Å². The first-order chi connectivity index (χ1) is 17.9. The zero-order chi connectivity index (χ0) is 24.4. The van der Waals surface area contributed by atoms with E-state index in [0.717, 1.165) is 0 Å². The fourth-order valence-electron chi connectivity index (χ4n) is 4.23. The van der Waals surface area contributed by atoms with Crippen molar-refractivity contribution in [2.45, 2.75) is 0 Å². The van der Waals surface area contributed by atoms with Gasteiger partial charge in [-0.1, -0.05) is 140 Å². The van der Waals surface area contributed by atoms with Crippen molar-refractivity contribution in [1.29, 1.82) is 0 Å². The first-order valence-electron chi connectivity index (χ1n) is 12.1. The molecule has 0 saturated carbocycles. The fourth-order valence-corrected chi connectivity index (χ4v) is 8.84. The molecule has 0 fully saturated rings. The molecule has 0 N–H and O–H groups in total. The minimum atomic E-state index is -0.409. The second-order valence-corrected chi connectivity index (χ2v) is 12.7. The molecule has 0 heterocycles. The molecule has 0 aliphatic carbocycles. The quantitative estimate of drug-likeness (QED) is 0.119. The molecule has 0 radical (unpaired) electrons. The van der Waals surface area contributed by atoms with Crippen LogP contribution in [0.1, 0.15) is 0 Å². The first kappa shape index (κ1) is 27.1. The predicted molar refractivity (Wildman–Crippen MR) is 161 cm³/mol. The van der Waals surface area contributed by atoms with Crippen LogP contribution in [0.4, 0.5) is 0 Å². The van der Waals surface area contributed by atoms with Crippen molar-refractivity contribution in [3.05, 3.63) is 170 Å². The van der Waals surface area contributed by atoms with E-state index < -0.39 is 15.8 Å². The third-order valence-electron chi connectivity index (χ3n) is 5.86. The molecular weight excluding hydrogens is 571 g/mol. The van der Waals surface area contributed by atoms with E-state index in [9.17, 15) is 0 Å². The van der Waals surface area contributed by atoms with Gasteiger partial charge in [0.15, 0.2) is 0 Å². The second kappa shape index (κ2) is 14.1. The first-order valence-corrected chi connectivity index (χ1v) is 14.8. The van der Waals surface area contributed by atoms with E-state index in [0.29, 0.717) is 0 Å². The Morgan fingerprint density at radius 3 is 1.08 bits per heavy atom. The van der Waals surface area contributed by atoms with E-state index in [-0.39, 0.29) is 19.5 Å². The molecule has 0 amide bonds. The van der Waals surface area contributed by atoms with E-state index in [2.05, 4.69) is 170 Å². The van der Waals surface area contributed by atoms with Gasteiger partial charge in [0, 0.05) is 19.5 Å². The molecule has 0 bridgehead atoms. The van der Waals surface area contributed by atoms with Gasteiger partial charge < -0.3 is 29.6 Å². The van der Waals surface area contributed by atoms with E-state index in [4.69, 9.17) is 0 Å². The van der Waals surface area contributed by atoms with Crippen molar-refractivity contribution in [1.82, 2.24) is 0 Å². The topological polar surface area (TPSA) is 0 Å². The summed E-state index contributed by atoms with van der Waals surface area (Å²) >= 11 is 0. The number of benzene rings is 4. The van der Waals surface area contributed by atoms with Crippen LogP contribution in [0.15, 0.2) is 170 Å². The second-order valence-electron chi connectivity index (χ2n) is 8.30. The Kier molecular flexibility index (Phi) is 10.3. The smallest absolute Gasteiger partial charge is 0 e. The third kappa shape index (κ3) is 7.09. The maximum atomic E-state index is 2.23. The van der Waals surface area contributed by atoms with E-state index in [1.54, 1.807) is 0 Å². The zero-order valence-corrected chi connectivity index (χ0v) is 23.9. The van der Waals surface area contributed by atoms with Crippen LogP contribution >= 0.6 is 15.8 Å². The average Bonchev–Trinajstić information content (AvgIpc) is 3.68. The maximum Gasteiger partial charge on any atom is 0 e. The summed E-state index contributed by atoms with van der Waals surface area (Å²) in [5.41, 5.74) is 0. The molecule has 0 aromatic heterocycles. The van der Waals surface area contributed by atoms with Gasteiger partial charge in [0.1, 0.15) is 0 Å². The summed E-state index contributed by atoms with van der Waals surface area (Å²) in [6.07, 6.45) is 0. The molecule has 0 aliphatic rings. The number of hydrogen-bond donors (Lipinski definition) is 0. The standard InChI is InChI=1S/2C17H14P.Ru/c2*1-3-9-15(10-4-1)18(17-13-7-8-14-17)16-11-5-2-6-12-16;/h2*1-14H;/q-5;-1;. The molecule has 188 valence electrons. The van der Waals surface area contributed by atoms with Crippen LogP contribution in [-0.2, 0) is 19.5 Å². The van der Waals surface area contributed by atoms with Crippen molar-refractivity contribution >= 4 is 47.7 Å². The van der Waals surface area contributed by atoms with Gasteiger partial charge >= 0.3 is 0 Å². The predicted octanol–water partition coefficient (Wildman–Crippen LogP) is 6.32. The van der Waals surface area contributed by atoms with Crippen LogP contribution in [0, 0.1) is 0 Å². The summed E-state index contributed by atoms with van der Waals surface area (Å²) in [4.78, 5) is 0. The van der Waals surface area contributed by atoms with E-state index >= 15 is 0 Å². The summed E-state index contributed by atoms with van der Waals surface area (Å²) < 4.78 is 0. The molecule has 37 heavy (non-hydrogen) atoms. The molecule has 6 aromatic rings. The van der Waals surface area contributed by atoms with Gasteiger partial charge in [0.05, 0.1) is 0 Å². The molecule has 0 spiro atoms. The van der Waals surface area contributed by atoms with Gasteiger partial charge in [-0.2, -0.15) is 12.1 Å². The third-order valence-corrected chi connectivity index (χ3v) is 10.8. The van der Waals surface area contributed by atoms with Crippen molar-refractivity contribution in [2.75, 3.05) is 0 Å². The van der Waals surface area contributed by atoms with E-state index in [1.807, 2.05) is 0 Å². The molecule has 0 atom stereocenters.